The fourth-order valence-electron chi connectivity index (χ4n) is 1.87. The predicted molar refractivity (Wildman–Crippen MR) is 77.9 cm³/mol. The van der Waals surface area contributed by atoms with Gasteiger partial charge in [-0.1, -0.05) is 54.5 Å². The highest BCUT2D eigenvalue weighted by Gasteiger charge is 2.22. The van der Waals surface area contributed by atoms with Crippen LogP contribution >= 0.6 is 23.2 Å². The standard InChI is InChI=1S/C13H20Cl2Si/c1-11(14)5-4-10-16(2,3)13-8-6-12(15)7-9-13/h6-9,11H,4-5,10H2,1-3H3. The fraction of sp³-hybridized carbons (Fsp3) is 0.538. The quantitative estimate of drug-likeness (QED) is 0.541. The molecule has 0 aromatic heterocycles. The topological polar surface area (TPSA) is 0 Å². The van der Waals surface area contributed by atoms with Gasteiger partial charge in [0.25, 0.3) is 0 Å². The van der Waals surface area contributed by atoms with E-state index >= 15 is 0 Å². The molecule has 0 aliphatic heterocycles. The second kappa shape index (κ2) is 6.09. The van der Waals surface area contributed by atoms with Gasteiger partial charge in [-0.3, -0.25) is 0 Å². The van der Waals surface area contributed by atoms with Gasteiger partial charge < -0.3 is 0 Å². The van der Waals surface area contributed by atoms with Crippen molar-refractivity contribution >= 4 is 36.5 Å². The van der Waals surface area contributed by atoms with Crippen molar-refractivity contribution in [1.29, 1.82) is 0 Å². The Morgan fingerprint density at radius 1 is 1.19 bits per heavy atom. The number of alkyl halides is 1. The van der Waals surface area contributed by atoms with E-state index in [1.807, 2.05) is 12.1 Å². The van der Waals surface area contributed by atoms with E-state index in [2.05, 4.69) is 32.2 Å². The highest BCUT2D eigenvalue weighted by molar-refractivity contribution is 6.89. The third-order valence-corrected chi connectivity index (χ3v) is 7.00. The largest absolute Gasteiger partial charge is 0.123 e. The maximum absolute atomic E-state index is 5.97. The van der Waals surface area contributed by atoms with Gasteiger partial charge in [0.1, 0.15) is 0 Å². The van der Waals surface area contributed by atoms with Crippen LogP contribution in [0.5, 0.6) is 0 Å². The van der Waals surface area contributed by atoms with E-state index in [0.717, 1.165) is 11.4 Å². The van der Waals surface area contributed by atoms with E-state index in [-0.39, 0.29) is 0 Å². The normalized spacial score (nSPS) is 13.8. The molecule has 1 unspecified atom stereocenters. The Kier molecular flexibility index (Phi) is 5.36. The van der Waals surface area contributed by atoms with E-state index < -0.39 is 8.07 Å². The molecule has 3 heteroatoms. The van der Waals surface area contributed by atoms with Crippen LogP contribution in [0.3, 0.4) is 0 Å². The highest BCUT2D eigenvalue weighted by Crippen LogP contribution is 2.17. The van der Waals surface area contributed by atoms with Gasteiger partial charge in [0.05, 0.1) is 8.07 Å². The molecule has 1 rings (SSSR count). The minimum absolute atomic E-state index is 0.301. The zero-order valence-corrected chi connectivity index (χ0v) is 12.8. The van der Waals surface area contributed by atoms with Crippen molar-refractivity contribution in [3.05, 3.63) is 29.3 Å². The number of hydrogen-bond donors (Lipinski definition) is 0. The summed E-state index contributed by atoms with van der Waals surface area (Å²) in [6.45, 7) is 6.89. The molecule has 0 nitrogen and oxygen atoms in total. The molecule has 0 N–H and O–H groups in total. The average molecular weight is 275 g/mol. The van der Waals surface area contributed by atoms with Crippen molar-refractivity contribution < 1.29 is 0 Å². The van der Waals surface area contributed by atoms with Crippen molar-refractivity contribution in [2.75, 3.05) is 0 Å². The maximum atomic E-state index is 5.97. The molecule has 0 heterocycles. The van der Waals surface area contributed by atoms with Crippen molar-refractivity contribution in [2.24, 2.45) is 0 Å². The first-order valence-electron chi connectivity index (χ1n) is 5.82. The van der Waals surface area contributed by atoms with Crippen LogP contribution in [-0.2, 0) is 0 Å². The molecule has 0 fully saturated rings. The zero-order chi connectivity index (χ0) is 12.2. The number of benzene rings is 1. The molecular weight excluding hydrogens is 255 g/mol. The monoisotopic (exact) mass is 274 g/mol. The number of rotatable bonds is 5. The Morgan fingerprint density at radius 2 is 1.75 bits per heavy atom. The van der Waals surface area contributed by atoms with Gasteiger partial charge >= 0.3 is 0 Å². The van der Waals surface area contributed by atoms with Crippen molar-refractivity contribution in [2.45, 2.75) is 44.3 Å². The fourth-order valence-corrected chi connectivity index (χ4v) is 4.60. The number of hydrogen-bond acceptors (Lipinski definition) is 0. The lowest BCUT2D eigenvalue weighted by molar-refractivity contribution is 0.771. The van der Waals surface area contributed by atoms with Crippen molar-refractivity contribution in [1.82, 2.24) is 0 Å². The lowest BCUT2D eigenvalue weighted by Gasteiger charge is -2.23. The predicted octanol–water partition coefficient (Wildman–Crippen LogP) is 4.66. The Morgan fingerprint density at radius 3 is 2.25 bits per heavy atom. The van der Waals surface area contributed by atoms with E-state index in [0.29, 0.717) is 5.38 Å². The smallest absolute Gasteiger partial charge is 0.0806 e. The Balaban J connectivity index is 2.59. The van der Waals surface area contributed by atoms with E-state index in [1.54, 1.807) is 0 Å². The summed E-state index contributed by atoms with van der Waals surface area (Å²) in [5, 5.41) is 2.61. The minimum Gasteiger partial charge on any atom is -0.123 e. The molecule has 0 spiro atoms. The molecule has 0 radical (unpaired) electrons. The molecule has 0 amide bonds. The molecule has 1 aromatic carbocycles. The van der Waals surface area contributed by atoms with Gasteiger partial charge in [0, 0.05) is 10.4 Å². The van der Waals surface area contributed by atoms with Crippen LogP contribution < -0.4 is 5.19 Å². The summed E-state index contributed by atoms with van der Waals surface area (Å²) in [5.74, 6) is 0. The van der Waals surface area contributed by atoms with E-state index in [9.17, 15) is 0 Å². The first-order valence-corrected chi connectivity index (χ1v) is 9.84. The highest BCUT2D eigenvalue weighted by atomic mass is 35.5. The maximum Gasteiger partial charge on any atom is 0.0806 e. The van der Waals surface area contributed by atoms with Gasteiger partial charge in [0.15, 0.2) is 0 Å². The van der Waals surface area contributed by atoms with Gasteiger partial charge in [-0.05, 0) is 25.5 Å². The summed E-state index contributed by atoms with van der Waals surface area (Å²) < 4.78 is 0. The molecule has 0 bridgehead atoms. The summed E-state index contributed by atoms with van der Waals surface area (Å²) >= 11 is 11.9. The van der Waals surface area contributed by atoms with Crippen LogP contribution in [0.15, 0.2) is 24.3 Å². The van der Waals surface area contributed by atoms with Crippen LogP contribution in [0.2, 0.25) is 24.2 Å². The van der Waals surface area contributed by atoms with Crippen LogP contribution in [-0.4, -0.2) is 13.5 Å². The minimum atomic E-state index is -1.29. The summed E-state index contributed by atoms with van der Waals surface area (Å²) in [7, 11) is -1.29. The average Bonchev–Trinajstić information content (AvgIpc) is 2.17. The van der Waals surface area contributed by atoms with Crippen molar-refractivity contribution in [3.8, 4) is 0 Å². The van der Waals surface area contributed by atoms with Crippen LogP contribution in [0, 0.1) is 0 Å². The Hall–Kier alpha value is 0.0169. The van der Waals surface area contributed by atoms with Gasteiger partial charge in [-0.15, -0.1) is 11.6 Å². The molecule has 1 aromatic rings. The molecule has 90 valence electrons. The molecule has 0 saturated carbocycles. The Labute approximate surface area is 110 Å². The second-order valence-electron chi connectivity index (χ2n) is 5.06. The summed E-state index contributed by atoms with van der Waals surface area (Å²) in [6.07, 6.45) is 2.35. The van der Waals surface area contributed by atoms with Gasteiger partial charge in [0.2, 0.25) is 0 Å². The first-order chi connectivity index (χ1) is 7.42. The SMILES string of the molecule is CC(Cl)CCC[Si](C)(C)c1ccc(Cl)cc1. The molecule has 1 atom stereocenters. The van der Waals surface area contributed by atoms with Gasteiger partial charge in [-0.25, -0.2) is 0 Å². The summed E-state index contributed by atoms with van der Waals surface area (Å²) in [5.41, 5.74) is 0. The summed E-state index contributed by atoms with van der Waals surface area (Å²) in [6, 6.07) is 9.65. The molecule has 16 heavy (non-hydrogen) atoms. The molecule has 0 aliphatic carbocycles. The lowest BCUT2D eigenvalue weighted by Crippen LogP contribution is -2.40. The van der Waals surface area contributed by atoms with E-state index in [1.165, 1.54) is 17.7 Å². The third-order valence-electron chi connectivity index (χ3n) is 3.03. The van der Waals surface area contributed by atoms with Crippen LogP contribution in [0.25, 0.3) is 0 Å². The Bertz CT molecular complexity index is 317. The van der Waals surface area contributed by atoms with Crippen LogP contribution in [0.4, 0.5) is 0 Å². The van der Waals surface area contributed by atoms with Crippen LogP contribution in [0.1, 0.15) is 19.8 Å². The lowest BCUT2D eigenvalue weighted by atomic mass is 10.3. The molecular formula is C13H20Cl2Si. The summed E-state index contributed by atoms with van der Waals surface area (Å²) in [4.78, 5) is 0. The number of halogens is 2. The first kappa shape index (κ1) is 14.1. The third kappa shape index (κ3) is 4.48. The van der Waals surface area contributed by atoms with Crippen molar-refractivity contribution in [3.63, 3.8) is 0 Å². The van der Waals surface area contributed by atoms with E-state index in [4.69, 9.17) is 23.2 Å². The zero-order valence-electron chi connectivity index (χ0n) is 10.3. The van der Waals surface area contributed by atoms with Gasteiger partial charge in [-0.2, -0.15) is 0 Å². The second-order valence-corrected chi connectivity index (χ2v) is 11.1. The molecule has 0 aliphatic rings. The molecule has 0 saturated heterocycles.